The molecule has 1 aromatic rings. The van der Waals surface area contributed by atoms with E-state index in [0.29, 0.717) is 0 Å². The van der Waals surface area contributed by atoms with Gasteiger partial charge in [0.25, 0.3) is 0 Å². The first-order valence-electron chi connectivity index (χ1n) is 5.34. The average Bonchev–Trinajstić information content (AvgIpc) is 2.82. The molecule has 0 aromatic heterocycles. The molecule has 0 fully saturated rings. The van der Waals surface area contributed by atoms with Gasteiger partial charge in [0, 0.05) is 20.0 Å². The SMILES string of the molecule is CN1CCN=C1C1Cc2ccccc2O1. The van der Waals surface area contributed by atoms with E-state index >= 15 is 0 Å². The van der Waals surface area contributed by atoms with E-state index in [1.54, 1.807) is 0 Å². The summed E-state index contributed by atoms with van der Waals surface area (Å²) < 4.78 is 5.89. The number of fused-ring (bicyclic) bond motifs is 1. The fraction of sp³-hybridized carbons (Fsp3) is 0.417. The molecule has 3 nitrogen and oxygen atoms in total. The Balaban J connectivity index is 1.84. The molecule has 0 bridgehead atoms. The Morgan fingerprint density at radius 2 is 2.27 bits per heavy atom. The number of hydrogen-bond acceptors (Lipinski definition) is 3. The van der Waals surface area contributed by atoms with Gasteiger partial charge in [-0.1, -0.05) is 18.2 Å². The van der Waals surface area contributed by atoms with Crippen LogP contribution in [0, 0.1) is 0 Å². The molecule has 1 atom stereocenters. The molecule has 0 aliphatic carbocycles. The Morgan fingerprint density at radius 1 is 1.40 bits per heavy atom. The lowest BCUT2D eigenvalue weighted by Gasteiger charge is -2.18. The summed E-state index contributed by atoms with van der Waals surface area (Å²) in [7, 11) is 2.08. The van der Waals surface area contributed by atoms with Gasteiger partial charge in [-0.2, -0.15) is 0 Å². The lowest BCUT2D eigenvalue weighted by molar-refractivity contribution is 0.285. The van der Waals surface area contributed by atoms with Gasteiger partial charge in [0.15, 0.2) is 6.10 Å². The minimum absolute atomic E-state index is 0.134. The molecule has 2 aliphatic rings. The first-order chi connectivity index (χ1) is 7.34. The lowest BCUT2D eigenvalue weighted by Crippen LogP contribution is -2.36. The maximum absolute atomic E-state index is 5.89. The highest BCUT2D eigenvalue weighted by molar-refractivity contribution is 5.89. The predicted octanol–water partition coefficient (Wildman–Crippen LogP) is 1.33. The van der Waals surface area contributed by atoms with Crippen molar-refractivity contribution in [3.8, 4) is 5.75 Å². The summed E-state index contributed by atoms with van der Waals surface area (Å²) in [6.45, 7) is 1.92. The summed E-state index contributed by atoms with van der Waals surface area (Å²) in [6, 6.07) is 8.24. The highest BCUT2D eigenvalue weighted by Gasteiger charge is 2.30. The van der Waals surface area contributed by atoms with E-state index in [1.165, 1.54) is 5.56 Å². The molecule has 2 heterocycles. The van der Waals surface area contributed by atoms with Gasteiger partial charge in [0.2, 0.25) is 0 Å². The van der Waals surface area contributed by atoms with Crippen LogP contribution in [-0.4, -0.2) is 37.0 Å². The normalized spacial score (nSPS) is 23.7. The Bertz CT molecular complexity index is 389. The van der Waals surface area contributed by atoms with Crippen molar-refractivity contribution >= 4 is 5.84 Å². The maximum atomic E-state index is 5.89. The summed E-state index contributed by atoms with van der Waals surface area (Å²) in [4.78, 5) is 6.69. The van der Waals surface area contributed by atoms with Crippen LogP contribution in [0.2, 0.25) is 0 Å². The van der Waals surface area contributed by atoms with Crippen molar-refractivity contribution in [1.82, 2.24) is 4.90 Å². The highest BCUT2D eigenvalue weighted by atomic mass is 16.5. The zero-order chi connectivity index (χ0) is 10.3. The van der Waals surface area contributed by atoms with Crippen LogP contribution < -0.4 is 4.74 Å². The Kier molecular flexibility index (Phi) is 1.91. The second-order valence-electron chi connectivity index (χ2n) is 4.08. The third-order valence-electron chi connectivity index (χ3n) is 3.04. The summed E-state index contributed by atoms with van der Waals surface area (Å²) in [5.41, 5.74) is 1.30. The predicted molar refractivity (Wildman–Crippen MR) is 59.5 cm³/mol. The summed E-state index contributed by atoms with van der Waals surface area (Å²) >= 11 is 0. The molecule has 1 unspecified atom stereocenters. The van der Waals surface area contributed by atoms with Crippen LogP contribution in [0.4, 0.5) is 0 Å². The topological polar surface area (TPSA) is 24.8 Å². The van der Waals surface area contributed by atoms with Crippen molar-refractivity contribution in [2.24, 2.45) is 4.99 Å². The summed E-state index contributed by atoms with van der Waals surface area (Å²) in [5, 5.41) is 0. The summed E-state index contributed by atoms with van der Waals surface area (Å²) in [5.74, 6) is 2.12. The van der Waals surface area contributed by atoms with E-state index in [1.807, 2.05) is 12.1 Å². The van der Waals surface area contributed by atoms with E-state index in [9.17, 15) is 0 Å². The number of amidine groups is 1. The number of benzene rings is 1. The standard InChI is InChI=1S/C12H14N2O/c1-14-7-6-13-12(14)11-8-9-4-2-3-5-10(9)15-11/h2-5,11H,6-8H2,1H3. The van der Waals surface area contributed by atoms with Crippen LogP contribution in [0.3, 0.4) is 0 Å². The molecule has 0 amide bonds. The molecule has 0 saturated carbocycles. The van der Waals surface area contributed by atoms with Gasteiger partial charge < -0.3 is 9.64 Å². The Labute approximate surface area is 89.4 Å². The van der Waals surface area contributed by atoms with Gasteiger partial charge in [-0.25, -0.2) is 0 Å². The van der Waals surface area contributed by atoms with Crippen LogP contribution in [0.15, 0.2) is 29.3 Å². The first kappa shape index (κ1) is 8.77. The molecule has 0 spiro atoms. The van der Waals surface area contributed by atoms with E-state index < -0.39 is 0 Å². The van der Waals surface area contributed by atoms with Crippen LogP contribution in [0.1, 0.15) is 5.56 Å². The second-order valence-corrected chi connectivity index (χ2v) is 4.08. The molecule has 0 saturated heterocycles. The zero-order valence-electron chi connectivity index (χ0n) is 8.81. The van der Waals surface area contributed by atoms with E-state index in [2.05, 4.69) is 29.1 Å². The minimum Gasteiger partial charge on any atom is -0.482 e. The quantitative estimate of drug-likeness (QED) is 0.686. The van der Waals surface area contributed by atoms with E-state index in [4.69, 9.17) is 4.74 Å². The smallest absolute Gasteiger partial charge is 0.160 e. The molecule has 15 heavy (non-hydrogen) atoms. The summed E-state index contributed by atoms with van der Waals surface area (Å²) in [6.07, 6.45) is 1.09. The molecule has 2 aliphatic heterocycles. The molecular formula is C12H14N2O. The van der Waals surface area contributed by atoms with Crippen molar-refractivity contribution in [1.29, 1.82) is 0 Å². The van der Waals surface area contributed by atoms with E-state index in [0.717, 1.165) is 31.1 Å². The van der Waals surface area contributed by atoms with Gasteiger partial charge in [-0.3, -0.25) is 4.99 Å². The average molecular weight is 202 g/mol. The third kappa shape index (κ3) is 1.39. The van der Waals surface area contributed by atoms with Crippen molar-refractivity contribution in [3.63, 3.8) is 0 Å². The number of nitrogens with zero attached hydrogens (tertiary/aromatic N) is 2. The van der Waals surface area contributed by atoms with E-state index in [-0.39, 0.29) is 6.10 Å². The Morgan fingerprint density at radius 3 is 3.00 bits per heavy atom. The molecule has 3 rings (SSSR count). The van der Waals surface area contributed by atoms with Gasteiger partial charge >= 0.3 is 0 Å². The lowest BCUT2D eigenvalue weighted by atomic mass is 10.1. The largest absolute Gasteiger partial charge is 0.482 e. The van der Waals surface area contributed by atoms with Crippen LogP contribution in [0.25, 0.3) is 0 Å². The van der Waals surface area contributed by atoms with Gasteiger partial charge in [0.05, 0.1) is 6.54 Å². The number of rotatable bonds is 1. The number of likely N-dealkylation sites (N-methyl/N-ethyl adjacent to an activating group) is 1. The van der Waals surface area contributed by atoms with Gasteiger partial charge in [-0.05, 0) is 11.6 Å². The van der Waals surface area contributed by atoms with Crippen LogP contribution in [0.5, 0.6) is 5.75 Å². The van der Waals surface area contributed by atoms with Crippen molar-refractivity contribution in [3.05, 3.63) is 29.8 Å². The van der Waals surface area contributed by atoms with Crippen molar-refractivity contribution in [2.45, 2.75) is 12.5 Å². The van der Waals surface area contributed by atoms with Gasteiger partial charge in [-0.15, -0.1) is 0 Å². The molecule has 78 valence electrons. The van der Waals surface area contributed by atoms with Crippen molar-refractivity contribution < 1.29 is 4.74 Å². The maximum Gasteiger partial charge on any atom is 0.160 e. The molecular weight excluding hydrogens is 188 g/mol. The fourth-order valence-electron chi connectivity index (χ4n) is 2.22. The monoisotopic (exact) mass is 202 g/mol. The van der Waals surface area contributed by atoms with Crippen LogP contribution >= 0.6 is 0 Å². The molecule has 0 radical (unpaired) electrons. The molecule has 1 aromatic carbocycles. The first-order valence-corrected chi connectivity index (χ1v) is 5.34. The molecule has 3 heteroatoms. The third-order valence-corrected chi connectivity index (χ3v) is 3.04. The highest BCUT2D eigenvalue weighted by Crippen LogP contribution is 2.29. The second kappa shape index (κ2) is 3.26. The van der Waals surface area contributed by atoms with Crippen LogP contribution in [-0.2, 0) is 6.42 Å². The zero-order valence-corrected chi connectivity index (χ0v) is 8.81. The number of ether oxygens (including phenoxy) is 1. The number of aliphatic imine (C=N–C) groups is 1. The fourth-order valence-corrected chi connectivity index (χ4v) is 2.22. The minimum atomic E-state index is 0.134. The molecule has 0 N–H and O–H groups in total. The number of hydrogen-bond donors (Lipinski definition) is 0. The van der Waals surface area contributed by atoms with Crippen molar-refractivity contribution in [2.75, 3.05) is 20.1 Å². The number of para-hydroxylation sites is 1. The Hall–Kier alpha value is -1.51. The van der Waals surface area contributed by atoms with Gasteiger partial charge in [0.1, 0.15) is 11.6 Å².